The van der Waals surface area contributed by atoms with Gasteiger partial charge in [-0.3, -0.25) is 0 Å². The van der Waals surface area contributed by atoms with E-state index in [0.717, 1.165) is 47.5 Å². The average molecular weight is 405 g/mol. The second kappa shape index (κ2) is 12.5. The molecule has 2 rings (SSSR count). The fourth-order valence-electron chi connectivity index (χ4n) is 3.02. The molecule has 0 saturated heterocycles. The Morgan fingerprint density at radius 1 is 0.933 bits per heavy atom. The molecule has 0 fully saturated rings. The van der Waals surface area contributed by atoms with Gasteiger partial charge in [-0.1, -0.05) is 64.0 Å². The summed E-state index contributed by atoms with van der Waals surface area (Å²) < 4.78 is 5.88. The van der Waals surface area contributed by atoms with Gasteiger partial charge in [-0.05, 0) is 66.3 Å². The smallest absolute Gasteiger partial charge is 0.328 e. The molecule has 0 bridgehead atoms. The maximum atomic E-state index is 10.6. The fraction of sp³-hybridized carbons (Fsp3) is 0.370. The third-order valence-corrected chi connectivity index (χ3v) is 4.89. The molecule has 30 heavy (non-hydrogen) atoms. The molecule has 0 radical (unpaired) electrons. The van der Waals surface area contributed by atoms with Crippen LogP contribution in [0.1, 0.15) is 63.1 Å². The first kappa shape index (κ1) is 23.3. The minimum absolute atomic E-state index is 0.694. The third-order valence-electron chi connectivity index (χ3n) is 4.89. The molecule has 2 aromatic carbocycles. The van der Waals surface area contributed by atoms with Crippen LogP contribution in [0.2, 0.25) is 0 Å². The van der Waals surface area contributed by atoms with Crippen molar-refractivity contribution >= 4 is 12.0 Å². The lowest BCUT2D eigenvalue weighted by molar-refractivity contribution is -0.131. The molecule has 0 spiro atoms. The maximum absolute atomic E-state index is 10.6. The zero-order valence-corrected chi connectivity index (χ0v) is 18.2. The standard InChI is InChI=1S/C27H32O3/c1-21(2)5-4-6-22(3)19-20-30-26-16-13-25(14-17-26)12-9-23-7-10-24(11-8-23)15-18-27(28)29/h7-8,10-11,13-18,21-22H,4-6,19-20H2,1-3H3,(H,28,29)/b18-15+. The zero-order chi connectivity index (χ0) is 21.8. The predicted molar refractivity (Wildman–Crippen MR) is 123 cm³/mol. The largest absolute Gasteiger partial charge is 0.494 e. The molecule has 0 aliphatic carbocycles. The number of carbonyl (C=O) groups is 1. The summed E-state index contributed by atoms with van der Waals surface area (Å²) in [6, 6.07) is 15.3. The number of rotatable bonds is 10. The predicted octanol–water partition coefficient (Wildman–Crippen LogP) is 6.42. The zero-order valence-electron chi connectivity index (χ0n) is 18.2. The Morgan fingerprint density at radius 3 is 2.10 bits per heavy atom. The van der Waals surface area contributed by atoms with Crippen LogP contribution in [0.3, 0.4) is 0 Å². The van der Waals surface area contributed by atoms with Crippen molar-refractivity contribution in [1.82, 2.24) is 0 Å². The molecule has 0 aromatic heterocycles. The lowest BCUT2D eigenvalue weighted by Gasteiger charge is -2.13. The van der Waals surface area contributed by atoms with E-state index in [1.54, 1.807) is 6.08 Å². The quantitative estimate of drug-likeness (QED) is 0.367. The highest BCUT2D eigenvalue weighted by Gasteiger charge is 2.04. The molecule has 1 unspecified atom stereocenters. The topological polar surface area (TPSA) is 46.5 Å². The lowest BCUT2D eigenvalue weighted by atomic mass is 9.98. The van der Waals surface area contributed by atoms with Gasteiger partial charge in [0, 0.05) is 17.2 Å². The van der Waals surface area contributed by atoms with Crippen LogP contribution in [0.4, 0.5) is 0 Å². The second-order valence-corrected chi connectivity index (χ2v) is 8.14. The van der Waals surface area contributed by atoms with E-state index in [-0.39, 0.29) is 0 Å². The molecular formula is C27H32O3. The molecule has 0 amide bonds. The highest BCUT2D eigenvalue weighted by atomic mass is 16.5. The van der Waals surface area contributed by atoms with E-state index in [0.29, 0.717) is 5.92 Å². The summed E-state index contributed by atoms with van der Waals surface area (Å²) in [5, 5.41) is 8.66. The van der Waals surface area contributed by atoms with Gasteiger partial charge in [0.15, 0.2) is 0 Å². The van der Waals surface area contributed by atoms with Gasteiger partial charge in [0.2, 0.25) is 0 Å². The van der Waals surface area contributed by atoms with E-state index in [9.17, 15) is 4.79 Å². The van der Waals surface area contributed by atoms with Crippen LogP contribution in [0.5, 0.6) is 5.75 Å². The summed E-state index contributed by atoms with van der Waals surface area (Å²) in [6.07, 6.45) is 7.64. The van der Waals surface area contributed by atoms with Gasteiger partial charge in [-0.25, -0.2) is 4.79 Å². The Kier molecular flexibility index (Phi) is 9.74. The van der Waals surface area contributed by atoms with Crippen molar-refractivity contribution in [3.8, 4) is 17.6 Å². The van der Waals surface area contributed by atoms with Crippen molar-refractivity contribution < 1.29 is 14.6 Å². The number of hydrogen-bond donors (Lipinski definition) is 1. The Labute approximate surface area is 180 Å². The normalized spacial score (nSPS) is 11.9. The van der Waals surface area contributed by atoms with Crippen LogP contribution in [0.25, 0.3) is 6.08 Å². The first-order valence-corrected chi connectivity index (χ1v) is 10.7. The molecular weight excluding hydrogens is 372 g/mol. The molecule has 0 heterocycles. The van der Waals surface area contributed by atoms with Crippen molar-refractivity contribution in [3.05, 3.63) is 71.3 Å². The number of benzene rings is 2. The van der Waals surface area contributed by atoms with Crippen LogP contribution >= 0.6 is 0 Å². The molecule has 158 valence electrons. The summed E-state index contributed by atoms with van der Waals surface area (Å²) in [7, 11) is 0. The minimum Gasteiger partial charge on any atom is -0.494 e. The molecule has 0 aliphatic heterocycles. The summed E-state index contributed by atoms with van der Waals surface area (Å²) in [5.74, 6) is 7.68. The van der Waals surface area contributed by atoms with Crippen LogP contribution in [-0.4, -0.2) is 17.7 Å². The van der Waals surface area contributed by atoms with Gasteiger partial charge in [0.05, 0.1) is 6.61 Å². The molecule has 0 aliphatic rings. The SMILES string of the molecule is CC(C)CCCC(C)CCOc1ccc(C#Cc2ccc(/C=C/C(=O)O)cc2)cc1. The number of ether oxygens (including phenoxy) is 1. The van der Waals surface area contributed by atoms with Gasteiger partial charge >= 0.3 is 5.97 Å². The van der Waals surface area contributed by atoms with Crippen molar-refractivity contribution in [2.24, 2.45) is 11.8 Å². The van der Waals surface area contributed by atoms with Crippen LogP contribution in [0.15, 0.2) is 54.6 Å². The Bertz CT molecular complexity index is 865. The van der Waals surface area contributed by atoms with Crippen molar-refractivity contribution in [1.29, 1.82) is 0 Å². The first-order chi connectivity index (χ1) is 14.4. The van der Waals surface area contributed by atoms with Crippen LogP contribution < -0.4 is 4.74 Å². The summed E-state index contributed by atoms with van der Waals surface area (Å²) in [6.45, 7) is 7.61. The Morgan fingerprint density at radius 2 is 1.53 bits per heavy atom. The highest BCUT2D eigenvalue weighted by molar-refractivity contribution is 5.85. The Hall–Kier alpha value is -2.99. The molecule has 2 aromatic rings. The monoisotopic (exact) mass is 404 g/mol. The van der Waals surface area contributed by atoms with Gasteiger partial charge < -0.3 is 9.84 Å². The Balaban J connectivity index is 1.79. The van der Waals surface area contributed by atoms with Gasteiger partial charge in [-0.15, -0.1) is 0 Å². The molecule has 1 N–H and O–H groups in total. The molecule has 1 atom stereocenters. The third kappa shape index (κ3) is 9.47. The fourth-order valence-corrected chi connectivity index (χ4v) is 3.02. The van der Waals surface area contributed by atoms with E-state index in [2.05, 4.69) is 32.6 Å². The number of hydrogen-bond acceptors (Lipinski definition) is 2. The lowest BCUT2D eigenvalue weighted by Crippen LogP contribution is -2.04. The van der Waals surface area contributed by atoms with Crippen molar-refractivity contribution in [2.45, 2.75) is 46.5 Å². The van der Waals surface area contributed by atoms with E-state index >= 15 is 0 Å². The van der Waals surface area contributed by atoms with E-state index in [1.807, 2.05) is 48.5 Å². The van der Waals surface area contributed by atoms with Crippen LogP contribution in [0, 0.1) is 23.7 Å². The van der Waals surface area contributed by atoms with Gasteiger partial charge in [0.1, 0.15) is 5.75 Å². The van der Waals surface area contributed by atoms with Crippen molar-refractivity contribution in [2.75, 3.05) is 6.61 Å². The number of carboxylic acids is 1. The highest BCUT2D eigenvalue weighted by Crippen LogP contribution is 2.17. The molecule has 3 nitrogen and oxygen atoms in total. The van der Waals surface area contributed by atoms with E-state index in [1.165, 1.54) is 19.3 Å². The first-order valence-electron chi connectivity index (χ1n) is 10.7. The van der Waals surface area contributed by atoms with E-state index < -0.39 is 5.97 Å². The minimum atomic E-state index is -0.956. The summed E-state index contributed by atoms with van der Waals surface area (Å²) >= 11 is 0. The number of aliphatic carboxylic acids is 1. The number of carboxylic acid groups (broad SMARTS) is 1. The molecule has 0 saturated carbocycles. The average Bonchev–Trinajstić information content (AvgIpc) is 2.72. The van der Waals surface area contributed by atoms with Gasteiger partial charge in [-0.2, -0.15) is 0 Å². The van der Waals surface area contributed by atoms with Gasteiger partial charge in [0.25, 0.3) is 0 Å². The van der Waals surface area contributed by atoms with Crippen LogP contribution in [-0.2, 0) is 4.79 Å². The molecule has 3 heteroatoms. The van der Waals surface area contributed by atoms with Crippen molar-refractivity contribution in [3.63, 3.8) is 0 Å². The summed E-state index contributed by atoms with van der Waals surface area (Å²) in [5.41, 5.74) is 2.65. The summed E-state index contributed by atoms with van der Waals surface area (Å²) in [4.78, 5) is 10.6. The maximum Gasteiger partial charge on any atom is 0.328 e. The second-order valence-electron chi connectivity index (χ2n) is 8.14. The van der Waals surface area contributed by atoms with E-state index in [4.69, 9.17) is 9.84 Å².